The molecule has 0 fully saturated rings. The zero-order valence-corrected chi connectivity index (χ0v) is 9.70. The third-order valence-corrected chi connectivity index (χ3v) is 2.55. The van der Waals surface area contributed by atoms with Crippen molar-refractivity contribution in [3.05, 3.63) is 29.6 Å². The third-order valence-electron chi connectivity index (χ3n) is 2.55. The Morgan fingerprint density at radius 2 is 2.19 bits per heavy atom. The van der Waals surface area contributed by atoms with E-state index in [0.29, 0.717) is 12.1 Å². The highest BCUT2D eigenvalue weighted by molar-refractivity contribution is 5.70. The summed E-state index contributed by atoms with van der Waals surface area (Å²) in [5.74, 6) is -1.52. The van der Waals surface area contributed by atoms with E-state index in [1.807, 2.05) is 4.90 Å². The van der Waals surface area contributed by atoms with Crippen molar-refractivity contribution in [2.24, 2.45) is 5.92 Å². The molecule has 0 aromatic heterocycles. The second-order valence-corrected chi connectivity index (χ2v) is 4.05. The second kappa shape index (κ2) is 4.96. The number of carbonyl (C=O) groups is 1. The van der Waals surface area contributed by atoms with Crippen LogP contribution in [0, 0.1) is 18.7 Å². The highest BCUT2D eigenvalue weighted by Gasteiger charge is 2.14. The minimum absolute atomic E-state index is 0.247. The van der Waals surface area contributed by atoms with Gasteiger partial charge in [-0.15, -0.1) is 0 Å². The summed E-state index contributed by atoms with van der Waals surface area (Å²) in [5, 5.41) is 8.79. The van der Waals surface area contributed by atoms with Gasteiger partial charge in [0.2, 0.25) is 0 Å². The van der Waals surface area contributed by atoms with Gasteiger partial charge in [0.1, 0.15) is 5.82 Å². The van der Waals surface area contributed by atoms with Crippen LogP contribution in [0.15, 0.2) is 18.2 Å². The van der Waals surface area contributed by atoms with Crippen LogP contribution in [0.4, 0.5) is 10.1 Å². The van der Waals surface area contributed by atoms with Crippen LogP contribution in [0.25, 0.3) is 0 Å². The van der Waals surface area contributed by atoms with E-state index in [-0.39, 0.29) is 5.82 Å². The lowest BCUT2D eigenvalue weighted by atomic mass is 10.1. The van der Waals surface area contributed by atoms with Crippen molar-refractivity contribution < 1.29 is 14.3 Å². The summed E-state index contributed by atoms with van der Waals surface area (Å²) < 4.78 is 13.0. The van der Waals surface area contributed by atoms with Gasteiger partial charge in [0.05, 0.1) is 5.92 Å². The summed E-state index contributed by atoms with van der Waals surface area (Å²) in [7, 11) is 1.80. The van der Waals surface area contributed by atoms with Gasteiger partial charge in [-0.05, 0) is 30.7 Å². The number of anilines is 1. The molecule has 16 heavy (non-hydrogen) atoms. The normalized spacial score (nSPS) is 12.2. The average Bonchev–Trinajstić information content (AvgIpc) is 2.21. The molecule has 0 amide bonds. The molecule has 1 aromatic carbocycles. The maximum absolute atomic E-state index is 13.0. The van der Waals surface area contributed by atoms with E-state index in [1.165, 1.54) is 6.07 Å². The highest BCUT2D eigenvalue weighted by atomic mass is 19.1. The predicted molar refractivity (Wildman–Crippen MR) is 61.2 cm³/mol. The Morgan fingerprint density at radius 3 is 2.69 bits per heavy atom. The van der Waals surface area contributed by atoms with Crippen LogP contribution in [0.2, 0.25) is 0 Å². The van der Waals surface area contributed by atoms with Crippen molar-refractivity contribution in [2.45, 2.75) is 13.8 Å². The Hall–Kier alpha value is -1.58. The summed E-state index contributed by atoms with van der Waals surface area (Å²) in [6.45, 7) is 3.74. The van der Waals surface area contributed by atoms with E-state index in [0.717, 1.165) is 5.69 Å². The van der Waals surface area contributed by atoms with E-state index >= 15 is 0 Å². The number of hydrogen-bond donors (Lipinski definition) is 1. The fourth-order valence-electron chi connectivity index (χ4n) is 1.46. The number of rotatable bonds is 4. The molecule has 0 aliphatic heterocycles. The Balaban J connectivity index is 2.76. The van der Waals surface area contributed by atoms with Gasteiger partial charge in [0.15, 0.2) is 0 Å². The molecule has 1 rings (SSSR count). The Labute approximate surface area is 94.5 Å². The van der Waals surface area contributed by atoms with Crippen molar-refractivity contribution in [3.63, 3.8) is 0 Å². The Morgan fingerprint density at radius 1 is 1.56 bits per heavy atom. The van der Waals surface area contributed by atoms with Crippen LogP contribution in [0.5, 0.6) is 0 Å². The summed E-state index contributed by atoms with van der Waals surface area (Å²) in [6, 6.07) is 4.76. The molecule has 0 radical (unpaired) electrons. The topological polar surface area (TPSA) is 40.5 Å². The number of nitrogens with zero attached hydrogens (tertiary/aromatic N) is 1. The number of hydrogen-bond acceptors (Lipinski definition) is 2. The molecule has 1 atom stereocenters. The number of carboxylic acids is 1. The van der Waals surface area contributed by atoms with E-state index < -0.39 is 11.9 Å². The lowest BCUT2D eigenvalue weighted by molar-refractivity contribution is -0.140. The molecule has 1 unspecified atom stereocenters. The first kappa shape index (κ1) is 12.5. The number of benzene rings is 1. The van der Waals surface area contributed by atoms with E-state index in [9.17, 15) is 9.18 Å². The van der Waals surface area contributed by atoms with E-state index in [1.54, 1.807) is 33.0 Å². The second-order valence-electron chi connectivity index (χ2n) is 4.05. The van der Waals surface area contributed by atoms with Crippen LogP contribution in [-0.2, 0) is 4.79 Å². The maximum Gasteiger partial charge on any atom is 0.308 e. The van der Waals surface area contributed by atoms with Gasteiger partial charge < -0.3 is 10.0 Å². The number of aliphatic carboxylic acids is 1. The van der Waals surface area contributed by atoms with Crippen LogP contribution in [0.3, 0.4) is 0 Å². The molecule has 0 aliphatic carbocycles. The van der Waals surface area contributed by atoms with E-state index in [2.05, 4.69) is 0 Å². The van der Waals surface area contributed by atoms with Gasteiger partial charge in [-0.3, -0.25) is 4.79 Å². The molecule has 4 heteroatoms. The molecule has 3 nitrogen and oxygen atoms in total. The highest BCUT2D eigenvalue weighted by Crippen LogP contribution is 2.18. The number of halogens is 1. The number of aryl methyl sites for hydroxylation is 1. The van der Waals surface area contributed by atoms with Crippen LogP contribution < -0.4 is 4.90 Å². The lowest BCUT2D eigenvalue weighted by Gasteiger charge is -2.21. The minimum Gasteiger partial charge on any atom is -0.481 e. The Kier molecular flexibility index (Phi) is 3.88. The first-order valence-electron chi connectivity index (χ1n) is 5.12. The zero-order valence-electron chi connectivity index (χ0n) is 9.70. The van der Waals surface area contributed by atoms with E-state index in [4.69, 9.17) is 5.11 Å². The van der Waals surface area contributed by atoms with Crippen molar-refractivity contribution in [3.8, 4) is 0 Å². The van der Waals surface area contributed by atoms with Gasteiger partial charge in [-0.2, -0.15) is 0 Å². The molecular formula is C12H16FNO2. The monoisotopic (exact) mass is 225 g/mol. The predicted octanol–water partition coefficient (Wildman–Crippen LogP) is 2.29. The summed E-state index contributed by atoms with van der Waals surface area (Å²) in [5.41, 5.74) is 1.39. The van der Waals surface area contributed by atoms with Crippen molar-refractivity contribution in [1.29, 1.82) is 0 Å². The molecule has 1 aromatic rings. The molecule has 0 aliphatic rings. The molecule has 0 saturated heterocycles. The molecule has 0 heterocycles. The largest absolute Gasteiger partial charge is 0.481 e. The van der Waals surface area contributed by atoms with Gasteiger partial charge in [0.25, 0.3) is 0 Å². The molecule has 0 spiro atoms. The first-order chi connectivity index (χ1) is 7.41. The fraction of sp³-hybridized carbons (Fsp3) is 0.417. The van der Waals surface area contributed by atoms with Gasteiger partial charge in [-0.25, -0.2) is 4.39 Å². The number of carboxylic acid groups (broad SMARTS) is 1. The standard InChI is InChI=1S/C12H16FNO2/c1-8-6-10(4-5-11(8)13)14(3)7-9(2)12(15)16/h4-6,9H,7H2,1-3H3,(H,15,16). The molecule has 0 bridgehead atoms. The lowest BCUT2D eigenvalue weighted by Crippen LogP contribution is -2.28. The average molecular weight is 225 g/mol. The van der Waals surface area contributed by atoms with Gasteiger partial charge in [-0.1, -0.05) is 6.92 Å². The summed E-state index contributed by atoms with van der Waals surface area (Å²) in [6.07, 6.45) is 0. The maximum atomic E-state index is 13.0. The third kappa shape index (κ3) is 2.95. The first-order valence-corrected chi connectivity index (χ1v) is 5.12. The summed E-state index contributed by atoms with van der Waals surface area (Å²) >= 11 is 0. The molecule has 0 saturated carbocycles. The van der Waals surface area contributed by atoms with Gasteiger partial charge in [0, 0.05) is 19.3 Å². The van der Waals surface area contributed by atoms with Crippen LogP contribution in [0.1, 0.15) is 12.5 Å². The summed E-state index contributed by atoms with van der Waals surface area (Å²) in [4.78, 5) is 12.5. The SMILES string of the molecule is Cc1cc(N(C)CC(C)C(=O)O)ccc1F. The smallest absolute Gasteiger partial charge is 0.308 e. The van der Waals surface area contributed by atoms with Crippen LogP contribution in [-0.4, -0.2) is 24.7 Å². The van der Waals surface area contributed by atoms with Crippen molar-refractivity contribution in [2.75, 3.05) is 18.5 Å². The Bertz CT molecular complexity index is 393. The van der Waals surface area contributed by atoms with Crippen molar-refractivity contribution >= 4 is 11.7 Å². The molecule has 88 valence electrons. The zero-order chi connectivity index (χ0) is 12.3. The molecule has 1 N–H and O–H groups in total. The van der Waals surface area contributed by atoms with Crippen molar-refractivity contribution in [1.82, 2.24) is 0 Å². The van der Waals surface area contributed by atoms with Crippen LogP contribution >= 0.6 is 0 Å². The quantitative estimate of drug-likeness (QED) is 0.854. The minimum atomic E-state index is -0.828. The molecular weight excluding hydrogens is 209 g/mol. The fourth-order valence-corrected chi connectivity index (χ4v) is 1.46. The van der Waals surface area contributed by atoms with Gasteiger partial charge >= 0.3 is 5.97 Å².